The first kappa shape index (κ1) is 14.9. The highest BCUT2D eigenvalue weighted by Gasteiger charge is 2.20. The van der Waals surface area contributed by atoms with Crippen molar-refractivity contribution in [3.63, 3.8) is 0 Å². The van der Waals surface area contributed by atoms with Gasteiger partial charge in [-0.1, -0.05) is 11.6 Å². The Morgan fingerprint density at radius 3 is 2.95 bits per heavy atom. The van der Waals surface area contributed by atoms with E-state index in [1.807, 2.05) is 36.1 Å². The summed E-state index contributed by atoms with van der Waals surface area (Å²) in [6.45, 7) is 5.40. The van der Waals surface area contributed by atoms with Crippen LogP contribution in [-0.4, -0.2) is 37.0 Å². The number of amides is 1. The molecule has 1 aliphatic heterocycles. The van der Waals surface area contributed by atoms with Crippen molar-refractivity contribution in [2.45, 2.75) is 13.3 Å². The molecule has 0 bridgehead atoms. The zero-order valence-corrected chi connectivity index (χ0v) is 12.3. The number of halogens is 1. The zero-order chi connectivity index (χ0) is 13.2. The summed E-state index contributed by atoms with van der Waals surface area (Å²) in [5.74, 6) is 0.444. The van der Waals surface area contributed by atoms with E-state index in [9.17, 15) is 4.79 Å². The first-order chi connectivity index (χ1) is 9.24. The predicted octanol–water partition coefficient (Wildman–Crippen LogP) is 2.60. The molecule has 0 atom stereocenters. The van der Waals surface area contributed by atoms with E-state index < -0.39 is 0 Å². The van der Waals surface area contributed by atoms with E-state index in [2.05, 4.69) is 5.32 Å². The summed E-state index contributed by atoms with van der Waals surface area (Å²) in [6, 6.07) is 7.81. The van der Waals surface area contributed by atoms with Crippen LogP contribution in [0.2, 0.25) is 0 Å². The maximum Gasteiger partial charge on any atom is 0.289 e. The molecular formula is C15H19ClN2O2. The van der Waals surface area contributed by atoms with Crippen molar-refractivity contribution in [1.82, 2.24) is 10.2 Å². The number of rotatable bonds is 1. The second kappa shape index (κ2) is 6.29. The number of carbonyl (C=O) groups excluding carboxylic acids is 1. The number of furan rings is 1. The van der Waals surface area contributed by atoms with Crippen LogP contribution in [0.5, 0.6) is 0 Å². The molecule has 1 N–H and O–H groups in total. The minimum absolute atomic E-state index is 0. The molecule has 1 amide bonds. The predicted molar refractivity (Wildman–Crippen MR) is 81.6 cm³/mol. The SMILES string of the molecule is Cc1ccc2oc(C(=O)N3CCCNCC3)cc2c1.Cl. The lowest BCUT2D eigenvalue weighted by atomic mass is 10.2. The highest BCUT2D eigenvalue weighted by Crippen LogP contribution is 2.21. The number of nitrogens with one attached hydrogen (secondary N) is 1. The molecule has 20 heavy (non-hydrogen) atoms. The van der Waals surface area contributed by atoms with Gasteiger partial charge in [-0.25, -0.2) is 0 Å². The molecule has 5 heteroatoms. The Bertz CT molecular complexity index is 601. The van der Waals surface area contributed by atoms with Gasteiger partial charge in [-0.05, 0) is 38.1 Å². The topological polar surface area (TPSA) is 45.5 Å². The maximum absolute atomic E-state index is 12.4. The minimum Gasteiger partial charge on any atom is -0.451 e. The first-order valence-corrected chi connectivity index (χ1v) is 6.74. The fraction of sp³-hybridized carbons (Fsp3) is 0.400. The number of aryl methyl sites for hydroxylation is 1. The lowest BCUT2D eigenvalue weighted by Gasteiger charge is -2.18. The highest BCUT2D eigenvalue weighted by atomic mass is 35.5. The van der Waals surface area contributed by atoms with Gasteiger partial charge in [0.05, 0.1) is 0 Å². The molecule has 1 aliphatic rings. The third-order valence-electron chi connectivity index (χ3n) is 3.51. The number of fused-ring (bicyclic) bond motifs is 1. The molecule has 0 spiro atoms. The largest absolute Gasteiger partial charge is 0.451 e. The molecule has 1 saturated heterocycles. The van der Waals surface area contributed by atoms with Crippen LogP contribution in [0, 0.1) is 6.92 Å². The Balaban J connectivity index is 0.00000147. The molecule has 0 unspecified atom stereocenters. The van der Waals surface area contributed by atoms with E-state index in [0.717, 1.165) is 43.6 Å². The summed E-state index contributed by atoms with van der Waals surface area (Å²) in [5, 5.41) is 4.29. The van der Waals surface area contributed by atoms with Gasteiger partial charge in [-0.2, -0.15) is 0 Å². The molecule has 0 saturated carbocycles. The van der Waals surface area contributed by atoms with Crippen LogP contribution in [0.15, 0.2) is 28.7 Å². The Kier molecular flexibility index (Phi) is 4.68. The summed E-state index contributed by atoms with van der Waals surface area (Å²) in [6.07, 6.45) is 0.991. The van der Waals surface area contributed by atoms with Crippen LogP contribution in [-0.2, 0) is 0 Å². The zero-order valence-electron chi connectivity index (χ0n) is 11.5. The second-order valence-corrected chi connectivity index (χ2v) is 5.05. The number of hydrogen-bond donors (Lipinski definition) is 1. The summed E-state index contributed by atoms with van der Waals surface area (Å²) in [4.78, 5) is 14.3. The fourth-order valence-electron chi connectivity index (χ4n) is 2.47. The minimum atomic E-state index is -0.00227. The summed E-state index contributed by atoms with van der Waals surface area (Å²) in [7, 11) is 0. The van der Waals surface area contributed by atoms with E-state index in [0.29, 0.717) is 5.76 Å². The van der Waals surface area contributed by atoms with E-state index in [1.165, 1.54) is 5.56 Å². The van der Waals surface area contributed by atoms with Gasteiger partial charge >= 0.3 is 0 Å². The summed E-state index contributed by atoms with van der Waals surface area (Å²) < 4.78 is 5.67. The molecule has 2 heterocycles. The van der Waals surface area contributed by atoms with E-state index in [1.54, 1.807) is 0 Å². The number of benzene rings is 1. The van der Waals surface area contributed by atoms with Gasteiger partial charge in [0.1, 0.15) is 5.58 Å². The monoisotopic (exact) mass is 294 g/mol. The van der Waals surface area contributed by atoms with Gasteiger partial charge in [-0.15, -0.1) is 12.4 Å². The van der Waals surface area contributed by atoms with Gasteiger partial charge in [0.15, 0.2) is 5.76 Å². The van der Waals surface area contributed by atoms with Crippen molar-refractivity contribution in [2.75, 3.05) is 26.2 Å². The molecular weight excluding hydrogens is 276 g/mol. The lowest BCUT2D eigenvalue weighted by molar-refractivity contribution is 0.0737. The van der Waals surface area contributed by atoms with Crippen molar-refractivity contribution < 1.29 is 9.21 Å². The Morgan fingerprint density at radius 1 is 1.25 bits per heavy atom. The molecule has 3 rings (SSSR count). The third-order valence-corrected chi connectivity index (χ3v) is 3.51. The molecule has 108 valence electrons. The molecule has 2 aromatic rings. The van der Waals surface area contributed by atoms with Crippen LogP contribution < -0.4 is 5.32 Å². The van der Waals surface area contributed by atoms with Crippen molar-refractivity contribution in [2.24, 2.45) is 0 Å². The van der Waals surface area contributed by atoms with E-state index in [4.69, 9.17) is 4.42 Å². The quantitative estimate of drug-likeness (QED) is 0.879. The summed E-state index contributed by atoms with van der Waals surface area (Å²) in [5.41, 5.74) is 1.95. The van der Waals surface area contributed by atoms with Crippen molar-refractivity contribution in [3.8, 4) is 0 Å². The van der Waals surface area contributed by atoms with Crippen LogP contribution in [0.1, 0.15) is 22.5 Å². The van der Waals surface area contributed by atoms with Crippen LogP contribution >= 0.6 is 12.4 Å². The lowest BCUT2D eigenvalue weighted by Crippen LogP contribution is -2.33. The standard InChI is InChI=1S/C15H18N2O2.ClH/c1-11-3-4-13-12(9-11)10-14(19-13)15(18)17-7-2-5-16-6-8-17;/h3-4,9-10,16H,2,5-8H2,1H3;1H. The van der Waals surface area contributed by atoms with Gasteiger partial charge in [0.25, 0.3) is 5.91 Å². The molecule has 1 aromatic heterocycles. The molecule has 0 aliphatic carbocycles. The van der Waals surface area contributed by atoms with Gasteiger partial charge in [0.2, 0.25) is 0 Å². The second-order valence-electron chi connectivity index (χ2n) is 5.05. The fourth-order valence-corrected chi connectivity index (χ4v) is 2.47. The molecule has 4 nitrogen and oxygen atoms in total. The van der Waals surface area contributed by atoms with Crippen molar-refractivity contribution >= 4 is 29.3 Å². The normalized spacial score (nSPS) is 15.8. The maximum atomic E-state index is 12.4. The van der Waals surface area contributed by atoms with E-state index >= 15 is 0 Å². The number of nitrogens with zero attached hydrogens (tertiary/aromatic N) is 1. The average molecular weight is 295 g/mol. The van der Waals surface area contributed by atoms with Crippen LogP contribution in [0.25, 0.3) is 11.0 Å². The Labute approximate surface area is 124 Å². The summed E-state index contributed by atoms with van der Waals surface area (Å²) >= 11 is 0. The van der Waals surface area contributed by atoms with Crippen LogP contribution in [0.3, 0.4) is 0 Å². The van der Waals surface area contributed by atoms with Crippen LogP contribution in [0.4, 0.5) is 0 Å². The average Bonchev–Trinajstić information content (AvgIpc) is 2.64. The number of carbonyl (C=O) groups is 1. The number of hydrogen-bond acceptors (Lipinski definition) is 3. The highest BCUT2D eigenvalue weighted by molar-refractivity contribution is 5.96. The Hall–Kier alpha value is -1.52. The first-order valence-electron chi connectivity index (χ1n) is 6.74. The van der Waals surface area contributed by atoms with E-state index in [-0.39, 0.29) is 18.3 Å². The third kappa shape index (κ3) is 2.97. The van der Waals surface area contributed by atoms with Gasteiger partial charge in [0, 0.05) is 25.0 Å². The molecule has 1 aromatic carbocycles. The molecule has 1 fully saturated rings. The molecule has 0 radical (unpaired) electrons. The van der Waals surface area contributed by atoms with Gasteiger partial charge in [-0.3, -0.25) is 4.79 Å². The van der Waals surface area contributed by atoms with Gasteiger partial charge < -0.3 is 14.6 Å². The smallest absolute Gasteiger partial charge is 0.289 e. The van der Waals surface area contributed by atoms with Crippen molar-refractivity contribution in [1.29, 1.82) is 0 Å². The Morgan fingerprint density at radius 2 is 2.10 bits per heavy atom. The van der Waals surface area contributed by atoms with Crippen molar-refractivity contribution in [3.05, 3.63) is 35.6 Å².